The molecule has 1 aliphatic rings. The minimum absolute atomic E-state index is 0.0950. The van der Waals surface area contributed by atoms with Crippen LogP contribution in [0.25, 0.3) is 43.1 Å². The van der Waals surface area contributed by atoms with E-state index in [1.807, 2.05) is 115 Å². The fraction of sp³-hybridized carbons (Fsp3) is 0.300. The van der Waals surface area contributed by atoms with Gasteiger partial charge in [0.25, 0.3) is 0 Å². The minimum Gasteiger partial charge on any atom is -0.507 e. The number of aromatic hydroxyl groups is 2. The molecule has 8 nitrogen and oxygen atoms in total. The second-order valence-electron chi connectivity index (χ2n) is 13.9. The zero-order valence-electron chi connectivity index (χ0n) is 28.8. The van der Waals surface area contributed by atoms with Crippen molar-refractivity contribution in [1.29, 1.82) is 0 Å². The van der Waals surface area contributed by atoms with Crippen molar-refractivity contribution in [2.45, 2.75) is 24.0 Å². The molecule has 4 N–H and O–H groups in total. The van der Waals surface area contributed by atoms with Crippen LogP contribution < -0.4 is 19.6 Å². The Bertz CT molecular complexity index is 2230. The van der Waals surface area contributed by atoms with Gasteiger partial charge in [-0.1, -0.05) is 48.5 Å². The van der Waals surface area contributed by atoms with E-state index in [0.717, 1.165) is 66.2 Å². The van der Waals surface area contributed by atoms with Crippen molar-refractivity contribution in [2.24, 2.45) is 0 Å². The lowest BCUT2D eigenvalue weighted by molar-refractivity contribution is -0.0766. The Kier molecular flexibility index (Phi) is 7.49. The molecule has 0 aromatic heterocycles. The summed E-state index contributed by atoms with van der Waals surface area (Å²) in [6.07, 6.45) is -2.03. The Morgan fingerprint density at radius 2 is 0.917 bits per heavy atom. The topological polar surface area (TPSA) is 93.9 Å². The third kappa shape index (κ3) is 4.36. The average molecular weight is 645 g/mol. The number of fused-ring (bicyclic) bond motifs is 4. The molecule has 6 aromatic rings. The van der Waals surface area contributed by atoms with E-state index < -0.39 is 24.0 Å². The Hall–Kier alpha value is -4.92. The van der Waals surface area contributed by atoms with Crippen molar-refractivity contribution >= 4 is 65.8 Å². The summed E-state index contributed by atoms with van der Waals surface area (Å²) in [4.78, 5) is 8.24. The molecule has 0 amide bonds. The van der Waals surface area contributed by atoms with Crippen molar-refractivity contribution in [1.82, 2.24) is 0 Å². The molecule has 0 bridgehead atoms. The van der Waals surface area contributed by atoms with Gasteiger partial charge in [0.05, 0.1) is 23.6 Å². The Morgan fingerprint density at radius 1 is 0.417 bits per heavy atom. The lowest BCUT2D eigenvalue weighted by Crippen LogP contribution is -2.52. The Balaban J connectivity index is 1.56. The number of rotatable bonds is 6. The zero-order chi connectivity index (χ0) is 34.3. The van der Waals surface area contributed by atoms with Crippen LogP contribution in [0.1, 0.15) is 23.0 Å². The maximum atomic E-state index is 12.4. The van der Waals surface area contributed by atoms with Crippen LogP contribution in [0.15, 0.2) is 72.8 Å². The first-order chi connectivity index (χ1) is 22.9. The number of aliphatic hydroxyl groups excluding tert-OH is 2. The van der Waals surface area contributed by atoms with Gasteiger partial charge in [-0.25, -0.2) is 0 Å². The lowest BCUT2D eigenvalue weighted by Gasteiger charge is -2.49. The van der Waals surface area contributed by atoms with Crippen LogP contribution in [-0.2, 0) is 0 Å². The van der Waals surface area contributed by atoms with E-state index in [0.29, 0.717) is 10.8 Å². The smallest absolute Gasteiger partial charge is 0.123 e. The van der Waals surface area contributed by atoms with Crippen molar-refractivity contribution in [3.05, 3.63) is 83.9 Å². The molecule has 0 heterocycles. The molecule has 1 aliphatic carbocycles. The van der Waals surface area contributed by atoms with Crippen LogP contribution in [0.3, 0.4) is 0 Å². The minimum atomic E-state index is -1.02. The molecular weight excluding hydrogens is 600 g/mol. The summed E-state index contributed by atoms with van der Waals surface area (Å²) in [7, 11) is 16.0. The number of aliphatic hydroxyl groups is 2. The van der Waals surface area contributed by atoms with E-state index in [-0.39, 0.29) is 11.5 Å². The summed E-state index contributed by atoms with van der Waals surface area (Å²) >= 11 is 0. The van der Waals surface area contributed by atoms with Crippen molar-refractivity contribution in [3.63, 3.8) is 0 Å². The Morgan fingerprint density at radius 3 is 1.52 bits per heavy atom. The summed E-state index contributed by atoms with van der Waals surface area (Å²) in [5.41, 5.74) is 5.28. The van der Waals surface area contributed by atoms with E-state index in [1.54, 1.807) is 12.1 Å². The summed E-state index contributed by atoms with van der Waals surface area (Å²) in [5, 5.41) is 54.6. The normalized spacial score (nSPS) is 19.2. The van der Waals surface area contributed by atoms with E-state index in [4.69, 9.17) is 0 Å². The maximum Gasteiger partial charge on any atom is 0.123 e. The van der Waals surface area contributed by atoms with Gasteiger partial charge in [0.2, 0.25) is 0 Å². The largest absolute Gasteiger partial charge is 0.507 e. The van der Waals surface area contributed by atoms with Gasteiger partial charge in [-0.2, -0.15) is 0 Å². The highest BCUT2D eigenvalue weighted by Gasteiger charge is 2.53. The third-order valence-electron chi connectivity index (χ3n) is 10.3. The molecule has 1 fully saturated rings. The van der Waals surface area contributed by atoms with Crippen molar-refractivity contribution in [3.8, 4) is 11.5 Å². The average Bonchev–Trinajstić information content (AvgIpc) is 3.03. The molecule has 7 rings (SSSR count). The summed E-state index contributed by atoms with van der Waals surface area (Å²) in [6.45, 7) is 0. The molecule has 0 aliphatic heterocycles. The summed E-state index contributed by atoms with van der Waals surface area (Å²) in [6, 6.07) is 23.2. The SMILES string of the molecule is CN(C)c1c2ccccc2c(C2C(O)C(c3c4cccc(N(C)C)c4c(N(C)C)c4c(N(C)C)ccc(O)c34)C2O)c2c(O)cccc12. The molecule has 1 saturated carbocycles. The first-order valence-corrected chi connectivity index (χ1v) is 16.3. The second kappa shape index (κ2) is 11.4. The molecular formula is C40H44N4O4. The third-order valence-corrected chi connectivity index (χ3v) is 10.3. The first kappa shape index (κ1) is 31.7. The number of hydrogen-bond donors (Lipinski definition) is 4. The number of anilines is 4. The standard InChI is InChI=1S/C40H44N4O4/c1-41(2)25-17-11-15-23-29(25)38(44(7)8)33-26(42(3)4)19-20-28(46)34(33)32(23)36-39(47)35(40(36)48)31-21-13-9-10-14-22(21)37(43(5)6)24-16-12-18-27(45)30(24)31/h9-20,35-36,39-40,45-48H,1-8H3. The molecule has 48 heavy (non-hydrogen) atoms. The summed E-state index contributed by atoms with van der Waals surface area (Å²) < 4.78 is 0. The fourth-order valence-corrected chi connectivity index (χ4v) is 8.35. The van der Waals surface area contributed by atoms with Gasteiger partial charge < -0.3 is 40.0 Å². The van der Waals surface area contributed by atoms with E-state index in [1.165, 1.54) is 0 Å². The van der Waals surface area contributed by atoms with Gasteiger partial charge in [-0.3, -0.25) is 0 Å². The monoisotopic (exact) mass is 644 g/mol. The van der Waals surface area contributed by atoms with Gasteiger partial charge in [0, 0.05) is 112 Å². The molecule has 248 valence electrons. The number of phenolic OH excluding ortho intramolecular Hbond substituents is 2. The van der Waals surface area contributed by atoms with Gasteiger partial charge in [-0.15, -0.1) is 0 Å². The van der Waals surface area contributed by atoms with Gasteiger partial charge in [-0.05, 0) is 46.2 Å². The highest BCUT2D eigenvalue weighted by Crippen LogP contribution is 2.59. The fourth-order valence-electron chi connectivity index (χ4n) is 8.35. The predicted molar refractivity (Wildman–Crippen MR) is 201 cm³/mol. The van der Waals surface area contributed by atoms with Crippen LogP contribution in [0.4, 0.5) is 22.7 Å². The number of benzene rings is 6. The quantitative estimate of drug-likeness (QED) is 0.151. The molecule has 0 saturated heterocycles. The predicted octanol–water partition coefficient (Wildman–Crippen LogP) is 6.58. The second-order valence-corrected chi connectivity index (χ2v) is 13.9. The van der Waals surface area contributed by atoms with Crippen LogP contribution in [-0.4, -0.2) is 89.0 Å². The number of hydrogen-bond acceptors (Lipinski definition) is 8. The Labute approximate surface area is 281 Å². The van der Waals surface area contributed by atoms with E-state index >= 15 is 0 Å². The van der Waals surface area contributed by atoms with E-state index in [9.17, 15) is 20.4 Å². The molecule has 0 spiro atoms. The number of phenols is 2. The van der Waals surface area contributed by atoms with E-state index in [2.05, 4.69) is 21.9 Å². The van der Waals surface area contributed by atoms with Crippen LogP contribution in [0, 0.1) is 0 Å². The highest BCUT2D eigenvalue weighted by atomic mass is 16.3. The highest BCUT2D eigenvalue weighted by molar-refractivity contribution is 6.23. The molecule has 8 heteroatoms. The van der Waals surface area contributed by atoms with Gasteiger partial charge in [0.1, 0.15) is 11.5 Å². The van der Waals surface area contributed by atoms with Crippen LogP contribution in [0.2, 0.25) is 0 Å². The molecule has 0 radical (unpaired) electrons. The van der Waals surface area contributed by atoms with Crippen LogP contribution in [0.5, 0.6) is 11.5 Å². The van der Waals surface area contributed by atoms with Crippen molar-refractivity contribution in [2.75, 3.05) is 76.0 Å². The maximum absolute atomic E-state index is 12.4. The van der Waals surface area contributed by atoms with Gasteiger partial charge in [0.15, 0.2) is 0 Å². The molecule has 2 unspecified atom stereocenters. The van der Waals surface area contributed by atoms with Crippen LogP contribution >= 0.6 is 0 Å². The molecule has 2 atom stereocenters. The van der Waals surface area contributed by atoms with Gasteiger partial charge >= 0.3 is 0 Å². The number of nitrogens with zero attached hydrogens (tertiary/aromatic N) is 4. The molecule has 6 aromatic carbocycles. The summed E-state index contributed by atoms with van der Waals surface area (Å²) in [5.74, 6) is -1.21. The lowest BCUT2D eigenvalue weighted by atomic mass is 9.60. The first-order valence-electron chi connectivity index (χ1n) is 16.3. The van der Waals surface area contributed by atoms with Crippen molar-refractivity contribution < 1.29 is 20.4 Å². The zero-order valence-corrected chi connectivity index (χ0v) is 28.8.